The molecule has 1 N–H and O–H groups in total. The Bertz CT molecular complexity index is 172. The molecule has 0 amide bonds. The Balaban J connectivity index is 2.35. The van der Waals surface area contributed by atoms with Gasteiger partial charge in [0.15, 0.2) is 0 Å². The van der Waals surface area contributed by atoms with Gasteiger partial charge >= 0.3 is 5.97 Å². The number of rotatable bonds is 2. The van der Waals surface area contributed by atoms with E-state index in [1.807, 2.05) is 23.5 Å². The minimum absolute atomic E-state index is 0.314. The van der Waals surface area contributed by atoms with E-state index in [-0.39, 0.29) is 0 Å². The van der Waals surface area contributed by atoms with Crippen LogP contribution in [0.5, 0.6) is 0 Å². The number of hydrogen-bond donors (Lipinski definition) is 1. The zero-order chi connectivity index (χ0) is 9.14. The number of hydrogen-bond acceptors (Lipinski definition) is 3. The summed E-state index contributed by atoms with van der Waals surface area (Å²) in [6.07, 6.45) is 0.314. The topological polar surface area (TPSA) is 37.3 Å². The Morgan fingerprint density at radius 3 is 2.67 bits per heavy atom. The lowest BCUT2D eigenvalue weighted by Gasteiger charge is -2.30. The maximum absolute atomic E-state index is 10.4. The highest BCUT2D eigenvalue weighted by molar-refractivity contribution is 8.07. The molecule has 0 radical (unpaired) electrons. The van der Waals surface area contributed by atoms with Gasteiger partial charge in [-0.1, -0.05) is 13.8 Å². The van der Waals surface area contributed by atoms with Gasteiger partial charge in [0.2, 0.25) is 0 Å². The highest BCUT2D eigenvalue weighted by atomic mass is 32.2. The van der Waals surface area contributed by atoms with Gasteiger partial charge in [0.25, 0.3) is 0 Å². The van der Waals surface area contributed by atoms with Crippen LogP contribution in [0.4, 0.5) is 0 Å². The van der Waals surface area contributed by atoms with Gasteiger partial charge in [-0.15, -0.1) is 0 Å². The molecule has 0 aliphatic carbocycles. The van der Waals surface area contributed by atoms with Crippen molar-refractivity contribution in [1.29, 1.82) is 0 Å². The number of thioether (sulfide) groups is 2. The molecule has 0 aromatic rings. The second kappa shape index (κ2) is 4.42. The molecule has 0 aromatic heterocycles. The minimum Gasteiger partial charge on any atom is -0.481 e. The molecule has 0 bridgehead atoms. The molecule has 2 nitrogen and oxygen atoms in total. The van der Waals surface area contributed by atoms with Crippen LogP contribution >= 0.6 is 23.5 Å². The summed E-state index contributed by atoms with van der Waals surface area (Å²) in [7, 11) is 0. The summed E-state index contributed by atoms with van der Waals surface area (Å²) < 4.78 is 0. The Hall–Kier alpha value is 0.170. The highest BCUT2D eigenvalue weighted by Gasteiger charge is 2.26. The standard InChI is InChI=1S/C8H14O2S2/c1-5-6(2)12-7(4-11-5)3-8(9)10/h5-7H,3-4H2,1-2H3,(H,9,10). The van der Waals surface area contributed by atoms with Crippen LogP contribution in [0.15, 0.2) is 0 Å². The van der Waals surface area contributed by atoms with E-state index >= 15 is 0 Å². The minimum atomic E-state index is -0.671. The van der Waals surface area contributed by atoms with Crippen LogP contribution < -0.4 is 0 Å². The summed E-state index contributed by atoms with van der Waals surface area (Å²) in [5.74, 6) is 0.317. The first kappa shape index (κ1) is 10.3. The van der Waals surface area contributed by atoms with E-state index in [4.69, 9.17) is 5.11 Å². The van der Waals surface area contributed by atoms with Gasteiger partial charge in [-0.3, -0.25) is 4.79 Å². The van der Waals surface area contributed by atoms with Crippen molar-refractivity contribution in [3.63, 3.8) is 0 Å². The van der Waals surface area contributed by atoms with Crippen molar-refractivity contribution >= 4 is 29.5 Å². The van der Waals surface area contributed by atoms with Gasteiger partial charge in [0.1, 0.15) is 0 Å². The number of carbonyl (C=O) groups is 1. The molecule has 1 saturated heterocycles. The third kappa shape index (κ3) is 2.90. The normalized spacial score (nSPS) is 36.3. The van der Waals surface area contributed by atoms with Gasteiger partial charge in [-0.25, -0.2) is 0 Å². The average Bonchev–Trinajstić information content (AvgIpc) is 1.96. The quantitative estimate of drug-likeness (QED) is 0.750. The first-order valence-electron chi connectivity index (χ1n) is 4.08. The third-order valence-corrected chi connectivity index (χ3v) is 5.48. The molecule has 1 aliphatic rings. The molecule has 70 valence electrons. The molecule has 3 atom stereocenters. The lowest BCUT2D eigenvalue weighted by Crippen LogP contribution is -2.27. The van der Waals surface area contributed by atoms with Crippen LogP contribution in [0.3, 0.4) is 0 Å². The van der Waals surface area contributed by atoms with E-state index in [2.05, 4.69) is 13.8 Å². The van der Waals surface area contributed by atoms with Crippen LogP contribution in [0.1, 0.15) is 20.3 Å². The Morgan fingerprint density at radius 1 is 1.50 bits per heavy atom. The van der Waals surface area contributed by atoms with E-state index in [0.29, 0.717) is 22.2 Å². The molecule has 12 heavy (non-hydrogen) atoms. The van der Waals surface area contributed by atoms with Crippen LogP contribution in [-0.2, 0) is 4.79 Å². The van der Waals surface area contributed by atoms with Crippen molar-refractivity contribution in [2.24, 2.45) is 0 Å². The molecule has 1 heterocycles. The fraction of sp³-hybridized carbons (Fsp3) is 0.875. The van der Waals surface area contributed by atoms with E-state index in [9.17, 15) is 4.79 Å². The number of carboxylic acids is 1. The van der Waals surface area contributed by atoms with Crippen molar-refractivity contribution < 1.29 is 9.90 Å². The zero-order valence-corrected chi connectivity index (χ0v) is 8.95. The van der Waals surface area contributed by atoms with Crippen LogP contribution in [0, 0.1) is 0 Å². The lowest BCUT2D eigenvalue weighted by atomic mass is 10.3. The summed E-state index contributed by atoms with van der Waals surface area (Å²) in [4.78, 5) is 10.4. The molecule has 0 aromatic carbocycles. The molecule has 1 aliphatic heterocycles. The van der Waals surface area contributed by atoms with E-state index in [1.165, 1.54) is 0 Å². The molecule has 0 spiro atoms. The van der Waals surface area contributed by atoms with Crippen LogP contribution in [-0.4, -0.2) is 32.6 Å². The number of carboxylic acid groups (broad SMARTS) is 1. The predicted molar refractivity (Wildman–Crippen MR) is 55.0 cm³/mol. The summed E-state index contributed by atoms with van der Waals surface area (Å²) in [6, 6.07) is 0. The van der Waals surface area contributed by atoms with Crippen LogP contribution in [0.25, 0.3) is 0 Å². The first-order chi connectivity index (χ1) is 5.59. The summed E-state index contributed by atoms with van der Waals surface area (Å²) in [5.41, 5.74) is 0. The Labute approximate surface area is 81.5 Å². The lowest BCUT2D eigenvalue weighted by molar-refractivity contribution is -0.136. The second-order valence-corrected chi connectivity index (χ2v) is 6.19. The average molecular weight is 206 g/mol. The zero-order valence-electron chi connectivity index (χ0n) is 7.32. The molecular weight excluding hydrogens is 192 g/mol. The van der Waals surface area contributed by atoms with Gasteiger partial charge in [0.05, 0.1) is 6.42 Å². The molecule has 3 unspecified atom stereocenters. The van der Waals surface area contributed by atoms with E-state index in [1.54, 1.807) is 0 Å². The van der Waals surface area contributed by atoms with E-state index in [0.717, 1.165) is 5.75 Å². The monoisotopic (exact) mass is 206 g/mol. The first-order valence-corrected chi connectivity index (χ1v) is 6.07. The van der Waals surface area contributed by atoms with Crippen molar-refractivity contribution in [3.8, 4) is 0 Å². The van der Waals surface area contributed by atoms with Crippen molar-refractivity contribution in [1.82, 2.24) is 0 Å². The Kier molecular flexibility index (Phi) is 3.77. The maximum Gasteiger partial charge on any atom is 0.304 e. The predicted octanol–water partition coefficient (Wildman–Crippen LogP) is 2.09. The molecule has 1 fully saturated rings. The van der Waals surface area contributed by atoms with Gasteiger partial charge < -0.3 is 5.11 Å². The summed E-state index contributed by atoms with van der Waals surface area (Å²) >= 11 is 3.71. The molecule has 1 rings (SSSR count). The smallest absolute Gasteiger partial charge is 0.304 e. The second-order valence-electron chi connectivity index (χ2n) is 3.10. The summed E-state index contributed by atoms with van der Waals surface area (Å²) in [5, 5.41) is 10.2. The summed E-state index contributed by atoms with van der Waals surface area (Å²) in [6.45, 7) is 4.38. The molecule has 4 heteroatoms. The third-order valence-electron chi connectivity index (χ3n) is 2.02. The van der Waals surface area contributed by atoms with Crippen LogP contribution in [0.2, 0.25) is 0 Å². The van der Waals surface area contributed by atoms with E-state index < -0.39 is 5.97 Å². The van der Waals surface area contributed by atoms with Gasteiger partial charge in [-0.05, 0) is 0 Å². The maximum atomic E-state index is 10.4. The fourth-order valence-corrected chi connectivity index (χ4v) is 4.10. The highest BCUT2D eigenvalue weighted by Crippen LogP contribution is 2.36. The van der Waals surface area contributed by atoms with Crippen molar-refractivity contribution in [3.05, 3.63) is 0 Å². The molecule has 0 saturated carbocycles. The van der Waals surface area contributed by atoms with Crippen molar-refractivity contribution in [2.45, 2.75) is 36.0 Å². The van der Waals surface area contributed by atoms with Crippen molar-refractivity contribution in [2.75, 3.05) is 5.75 Å². The Morgan fingerprint density at radius 2 is 2.17 bits per heavy atom. The largest absolute Gasteiger partial charge is 0.481 e. The number of aliphatic carboxylic acids is 1. The van der Waals surface area contributed by atoms with Gasteiger partial charge in [-0.2, -0.15) is 23.5 Å². The molecular formula is C8H14O2S2. The fourth-order valence-electron chi connectivity index (χ4n) is 1.15. The van der Waals surface area contributed by atoms with Gasteiger partial charge in [0, 0.05) is 21.5 Å². The SMILES string of the molecule is CC1SCC(CC(=O)O)SC1C.